The molecule has 0 saturated heterocycles. The summed E-state index contributed by atoms with van der Waals surface area (Å²) in [5, 5.41) is 0. The molecule has 3 heteroatoms. The Morgan fingerprint density at radius 2 is 1.62 bits per heavy atom. The van der Waals surface area contributed by atoms with Gasteiger partial charge in [-0.2, -0.15) is 0 Å². The van der Waals surface area contributed by atoms with Gasteiger partial charge < -0.3 is 9.64 Å². The van der Waals surface area contributed by atoms with Gasteiger partial charge in [-0.25, -0.2) is 0 Å². The van der Waals surface area contributed by atoms with Gasteiger partial charge in [0.25, 0.3) is 0 Å². The predicted octanol–water partition coefficient (Wildman–Crippen LogP) is 5.60. The molecule has 0 amide bonds. The van der Waals surface area contributed by atoms with Gasteiger partial charge in [-0.1, -0.05) is 49.4 Å². The van der Waals surface area contributed by atoms with E-state index >= 15 is 0 Å². The lowest BCUT2D eigenvalue weighted by atomic mass is 10.0. The highest BCUT2D eigenvalue weighted by atomic mass is 16.5. The van der Waals surface area contributed by atoms with E-state index in [-0.39, 0.29) is 0 Å². The molecular weight excluding hydrogens is 356 g/mol. The van der Waals surface area contributed by atoms with Crippen LogP contribution in [0.5, 0.6) is 5.75 Å². The van der Waals surface area contributed by atoms with Crippen LogP contribution in [0.15, 0.2) is 66.3 Å². The highest BCUT2D eigenvalue weighted by molar-refractivity contribution is 5.46. The van der Waals surface area contributed by atoms with Crippen molar-refractivity contribution in [2.75, 3.05) is 32.6 Å². The van der Waals surface area contributed by atoms with E-state index in [0.29, 0.717) is 0 Å². The van der Waals surface area contributed by atoms with Crippen LogP contribution in [-0.2, 0) is 19.5 Å². The van der Waals surface area contributed by atoms with Gasteiger partial charge >= 0.3 is 0 Å². The van der Waals surface area contributed by atoms with E-state index in [0.717, 1.165) is 44.6 Å². The van der Waals surface area contributed by atoms with Gasteiger partial charge in [-0.05, 0) is 59.7 Å². The second-order valence-electron chi connectivity index (χ2n) is 7.96. The molecule has 0 bridgehead atoms. The first-order valence-electron chi connectivity index (χ1n) is 10.6. The largest absolute Gasteiger partial charge is 0.496 e. The van der Waals surface area contributed by atoms with Crippen molar-refractivity contribution in [3.8, 4) is 5.75 Å². The van der Waals surface area contributed by atoms with E-state index in [9.17, 15) is 0 Å². The molecule has 3 rings (SSSR count). The van der Waals surface area contributed by atoms with Crippen molar-refractivity contribution in [3.63, 3.8) is 0 Å². The molecule has 0 unspecified atom stereocenters. The van der Waals surface area contributed by atoms with Crippen LogP contribution < -0.4 is 9.64 Å². The normalized spacial score (nSPS) is 13.5. The summed E-state index contributed by atoms with van der Waals surface area (Å²) in [6.45, 7) is 4.96. The van der Waals surface area contributed by atoms with E-state index in [1.54, 1.807) is 7.11 Å². The number of hydrogen-bond donors (Lipinski definition) is 0. The maximum Gasteiger partial charge on any atom is 0.122 e. The quantitative estimate of drug-likeness (QED) is 0.554. The van der Waals surface area contributed by atoms with Crippen LogP contribution >= 0.6 is 0 Å². The third-order valence-corrected chi connectivity index (χ3v) is 5.48. The van der Waals surface area contributed by atoms with Gasteiger partial charge in [0.2, 0.25) is 0 Å². The maximum atomic E-state index is 5.62. The molecule has 0 radical (unpaired) electrons. The van der Waals surface area contributed by atoms with Crippen molar-refractivity contribution < 1.29 is 4.74 Å². The van der Waals surface area contributed by atoms with Gasteiger partial charge in [0, 0.05) is 39.4 Å². The van der Waals surface area contributed by atoms with Crippen molar-refractivity contribution in [3.05, 3.63) is 83.0 Å². The predicted molar refractivity (Wildman–Crippen MR) is 124 cm³/mol. The third kappa shape index (κ3) is 5.98. The van der Waals surface area contributed by atoms with Crippen LogP contribution in [0.25, 0.3) is 0 Å². The lowest BCUT2D eigenvalue weighted by Gasteiger charge is -2.25. The van der Waals surface area contributed by atoms with E-state index in [4.69, 9.17) is 4.74 Å². The molecule has 1 aliphatic rings. The smallest absolute Gasteiger partial charge is 0.122 e. The molecular formula is C26H34N2O. The molecule has 1 aliphatic carbocycles. The van der Waals surface area contributed by atoms with Crippen LogP contribution in [-0.4, -0.2) is 32.6 Å². The minimum absolute atomic E-state index is 0.904. The lowest BCUT2D eigenvalue weighted by Crippen LogP contribution is -2.25. The zero-order chi connectivity index (χ0) is 20.6. The Hall–Kier alpha value is -2.52. The molecule has 0 spiro atoms. The number of nitrogens with zero attached hydrogens (tertiary/aromatic N) is 2. The first-order chi connectivity index (χ1) is 14.1. The molecule has 0 saturated carbocycles. The summed E-state index contributed by atoms with van der Waals surface area (Å²) < 4.78 is 5.62. The fourth-order valence-corrected chi connectivity index (χ4v) is 3.81. The molecule has 3 nitrogen and oxygen atoms in total. The van der Waals surface area contributed by atoms with Gasteiger partial charge in [-0.15, -0.1) is 0 Å². The van der Waals surface area contributed by atoms with Crippen LogP contribution in [0.1, 0.15) is 36.5 Å². The zero-order valence-electron chi connectivity index (χ0n) is 18.3. The van der Waals surface area contributed by atoms with Gasteiger partial charge in [0.05, 0.1) is 7.11 Å². The van der Waals surface area contributed by atoms with E-state index in [2.05, 4.69) is 91.5 Å². The Bertz CT molecular complexity index is 850. The Balaban J connectivity index is 1.78. The average molecular weight is 391 g/mol. The minimum Gasteiger partial charge on any atom is -0.496 e. The van der Waals surface area contributed by atoms with Crippen molar-refractivity contribution in [1.29, 1.82) is 0 Å². The van der Waals surface area contributed by atoms with Gasteiger partial charge in [-0.3, -0.25) is 4.90 Å². The number of methoxy groups -OCH3 is 1. The molecule has 0 aliphatic heterocycles. The number of allylic oxidation sites excluding steroid dienone is 2. The van der Waals surface area contributed by atoms with Crippen LogP contribution in [0.2, 0.25) is 0 Å². The Labute approximate surface area is 176 Å². The summed E-state index contributed by atoms with van der Waals surface area (Å²) in [4.78, 5) is 4.66. The molecule has 0 fully saturated rings. The van der Waals surface area contributed by atoms with E-state index in [1.165, 1.54) is 28.0 Å². The number of aryl methyl sites for hydroxylation is 1. The molecule has 0 heterocycles. The number of benzene rings is 2. The summed E-state index contributed by atoms with van der Waals surface area (Å²) in [6.07, 6.45) is 10.2. The topological polar surface area (TPSA) is 15.7 Å². The average Bonchev–Trinajstić information content (AvgIpc) is 2.74. The first kappa shape index (κ1) is 21.2. The van der Waals surface area contributed by atoms with E-state index in [1.807, 2.05) is 0 Å². The summed E-state index contributed by atoms with van der Waals surface area (Å²) >= 11 is 0. The first-order valence-corrected chi connectivity index (χ1v) is 10.6. The molecule has 0 N–H and O–H groups in total. The highest BCUT2D eigenvalue weighted by Crippen LogP contribution is 2.23. The van der Waals surface area contributed by atoms with Gasteiger partial charge in [0.15, 0.2) is 0 Å². The lowest BCUT2D eigenvalue weighted by molar-refractivity contribution is 0.280. The highest BCUT2D eigenvalue weighted by Gasteiger charge is 2.12. The third-order valence-electron chi connectivity index (χ3n) is 5.48. The number of rotatable bonds is 9. The van der Waals surface area contributed by atoms with Crippen LogP contribution in [0.4, 0.5) is 5.69 Å². The number of ether oxygens (including phenoxy) is 1. The summed E-state index contributed by atoms with van der Waals surface area (Å²) in [7, 11) is 5.92. The maximum absolute atomic E-state index is 5.62. The van der Waals surface area contributed by atoms with Crippen molar-refractivity contribution >= 4 is 5.69 Å². The standard InChI is InChI=1S/C26H34N2O/c1-5-24-14-11-23(17-26(24)29-4)20-28(18-21-9-7-6-8-10-21)19-22-12-15-25(16-13-22)27(2)3/h7,9-17H,5-6,8,18-20H2,1-4H3. The fourth-order valence-electron chi connectivity index (χ4n) is 3.81. The SMILES string of the molecule is CCc1ccc(CN(CC2=CCCC=C2)Cc2ccc(N(C)C)cc2)cc1OC. The number of hydrogen-bond acceptors (Lipinski definition) is 3. The second-order valence-corrected chi connectivity index (χ2v) is 7.96. The summed E-state index contributed by atoms with van der Waals surface area (Å²) in [6, 6.07) is 15.5. The minimum atomic E-state index is 0.904. The Morgan fingerprint density at radius 3 is 2.24 bits per heavy atom. The second kappa shape index (κ2) is 10.3. The van der Waals surface area contributed by atoms with Crippen LogP contribution in [0, 0.1) is 0 Å². The van der Waals surface area contributed by atoms with Crippen molar-refractivity contribution in [2.24, 2.45) is 0 Å². The van der Waals surface area contributed by atoms with Crippen molar-refractivity contribution in [1.82, 2.24) is 4.90 Å². The molecule has 2 aromatic rings. The van der Waals surface area contributed by atoms with Crippen LogP contribution in [0.3, 0.4) is 0 Å². The molecule has 0 aromatic heterocycles. The van der Waals surface area contributed by atoms with Crippen molar-refractivity contribution in [2.45, 2.75) is 39.3 Å². The Morgan fingerprint density at radius 1 is 0.897 bits per heavy atom. The molecule has 2 aromatic carbocycles. The molecule has 0 atom stereocenters. The molecule has 154 valence electrons. The molecule has 29 heavy (non-hydrogen) atoms. The fraction of sp³-hybridized carbons (Fsp3) is 0.385. The zero-order valence-corrected chi connectivity index (χ0v) is 18.3. The Kier molecular flexibility index (Phi) is 7.54. The number of anilines is 1. The summed E-state index contributed by atoms with van der Waals surface area (Å²) in [5.74, 6) is 0.997. The monoisotopic (exact) mass is 390 g/mol. The summed E-state index contributed by atoms with van der Waals surface area (Å²) in [5.41, 5.74) is 6.55. The van der Waals surface area contributed by atoms with Gasteiger partial charge in [0.1, 0.15) is 5.75 Å². The van der Waals surface area contributed by atoms with E-state index < -0.39 is 0 Å².